The van der Waals surface area contributed by atoms with Crippen molar-refractivity contribution in [2.24, 2.45) is 11.1 Å². The largest absolute Gasteiger partial charge is 0.380 e. The van der Waals surface area contributed by atoms with E-state index in [0.717, 1.165) is 0 Å². The average Bonchev–Trinajstić information content (AvgIpc) is 1.82. The van der Waals surface area contributed by atoms with Crippen molar-refractivity contribution in [2.45, 2.75) is 19.3 Å². The zero-order valence-electron chi connectivity index (χ0n) is 6.57. The molecule has 0 aromatic heterocycles. The van der Waals surface area contributed by atoms with E-state index in [9.17, 15) is 8.78 Å². The lowest BCUT2D eigenvalue weighted by Gasteiger charge is -2.43. The topological polar surface area (TPSA) is 35.2 Å². The van der Waals surface area contributed by atoms with Crippen LogP contribution in [0.5, 0.6) is 0 Å². The molecule has 1 fully saturated rings. The fourth-order valence-electron chi connectivity index (χ4n) is 1.10. The number of hydrogen-bond donors (Lipinski definition) is 1. The summed E-state index contributed by atoms with van der Waals surface area (Å²) in [6.45, 7) is 1.87. The molecule has 0 saturated carbocycles. The Morgan fingerprint density at radius 1 is 1.55 bits per heavy atom. The molecule has 11 heavy (non-hydrogen) atoms. The van der Waals surface area contributed by atoms with Gasteiger partial charge in [-0.3, -0.25) is 0 Å². The zero-order valence-corrected chi connectivity index (χ0v) is 6.57. The predicted octanol–water partition coefficient (Wildman–Crippen LogP) is 1.01. The second-order valence-corrected chi connectivity index (χ2v) is 3.30. The molecule has 2 N–H and O–H groups in total. The third-order valence-electron chi connectivity index (χ3n) is 2.18. The van der Waals surface area contributed by atoms with Crippen molar-refractivity contribution in [3.8, 4) is 0 Å². The van der Waals surface area contributed by atoms with Crippen LogP contribution >= 0.6 is 0 Å². The van der Waals surface area contributed by atoms with Crippen LogP contribution in [0.25, 0.3) is 0 Å². The molecule has 0 aromatic rings. The third kappa shape index (κ3) is 1.37. The van der Waals surface area contributed by atoms with Gasteiger partial charge in [-0.1, -0.05) is 0 Å². The van der Waals surface area contributed by atoms with Gasteiger partial charge in [0, 0.05) is 6.42 Å². The van der Waals surface area contributed by atoms with E-state index in [0.29, 0.717) is 0 Å². The van der Waals surface area contributed by atoms with Crippen molar-refractivity contribution in [3.63, 3.8) is 0 Å². The van der Waals surface area contributed by atoms with Crippen LogP contribution in [-0.4, -0.2) is 25.7 Å². The lowest BCUT2D eigenvalue weighted by molar-refractivity contribution is -0.235. The van der Waals surface area contributed by atoms with Gasteiger partial charge in [-0.05, 0) is 13.5 Å². The normalized spacial score (nSPS) is 22.9. The van der Waals surface area contributed by atoms with Crippen molar-refractivity contribution >= 4 is 0 Å². The summed E-state index contributed by atoms with van der Waals surface area (Å²) in [5.41, 5.74) is 4.10. The molecule has 0 bridgehead atoms. The van der Waals surface area contributed by atoms with E-state index in [1.54, 1.807) is 0 Å². The summed E-state index contributed by atoms with van der Waals surface area (Å²) >= 11 is 0. The number of hydrogen-bond acceptors (Lipinski definition) is 2. The molecule has 0 aliphatic carbocycles. The summed E-state index contributed by atoms with van der Waals surface area (Å²) in [5, 5.41) is 0. The Morgan fingerprint density at radius 3 is 2.36 bits per heavy atom. The van der Waals surface area contributed by atoms with E-state index >= 15 is 0 Å². The number of ether oxygens (including phenoxy) is 1. The first-order valence-electron chi connectivity index (χ1n) is 3.67. The van der Waals surface area contributed by atoms with E-state index in [4.69, 9.17) is 10.5 Å². The van der Waals surface area contributed by atoms with E-state index in [1.165, 1.54) is 6.92 Å². The Balaban J connectivity index is 2.55. The lowest BCUT2D eigenvalue weighted by atomic mass is 9.80. The second kappa shape index (κ2) is 2.68. The molecule has 4 heteroatoms. The Kier molecular flexibility index (Phi) is 2.16. The van der Waals surface area contributed by atoms with E-state index in [2.05, 4.69) is 0 Å². The number of nitrogens with two attached hydrogens (primary N) is 1. The van der Waals surface area contributed by atoms with Crippen molar-refractivity contribution in [2.75, 3.05) is 19.8 Å². The molecule has 1 saturated heterocycles. The number of alkyl halides is 2. The van der Waals surface area contributed by atoms with Crippen LogP contribution in [0.3, 0.4) is 0 Å². The zero-order chi connectivity index (χ0) is 8.54. The Bertz CT molecular complexity index is 145. The fraction of sp³-hybridized carbons (Fsp3) is 1.00. The van der Waals surface area contributed by atoms with Crippen molar-refractivity contribution in [3.05, 3.63) is 0 Å². The molecule has 1 aliphatic heterocycles. The van der Waals surface area contributed by atoms with E-state index in [1.807, 2.05) is 0 Å². The number of halogens is 2. The highest BCUT2D eigenvalue weighted by molar-refractivity contribution is 4.93. The highest BCUT2D eigenvalue weighted by atomic mass is 19.3. The van der Waals surface area contributed by atoms with Gasteiger partial charge in [-0.25, -0.2) is 8.78 Å². The summed E-state index contributed by atoms with van der Waals surface area (Å²) in [6, 6.07) is 0. The number of rotatable bonds is 3. The van der Waals surface area contributed by atoms with Crippen molar-refractivity contribution in [1.29, 1.82) is 0 Å². The summed E-state index contributed by atoms with van der Waals surface area (Å²) in [6.07, 6.45) is -0.243. The van der Waals surface area contributed by atoms with Crippen LogP contribution in [-0.2, 0) is 4.74 Å². The minimum Gasteiger partial charge on any atom is -0.380 e. The molecular weight excluding hydrogens is 152 g/mol. The highest BCUT2D eigenvalue weighted by Gasteiger charge is 2.54. The van der Waals surface area contributed by atoms with Crippen molar-refractivity contribution in [1.82, 2.24) is 0 Å². The molecule has 0 spiro atoms. The standard InChI is InChI=1S/C7H13F2NO/c1-6(4-11-5-6)7(8,9)2-3-10/h2-5,10H2,1H3. The van der Waals surface area contributed by atoms with Gasteiger partial charge < -0.3 is 10.5 Å². The highest BCUT2D eigenvalue weighted by Crippen LogP contribution is 2.44. The van der Waals surface area contributed by atoms with Crippen LogP contribution in [0.2, 0.25) is 0 Å². The van der Waals surface area contributed by atoms with Crippen LogP contribution in [0.15, 0.2) is 0 Å². The van der Waals surface area contributed by atoms with Gasteiger partial charge in [0.2, 0.25) is 0 Å². The second-order valence-electron chi connectivity index (χ2n) is 3.30. The average molecular weight is 165 g/mol. The quantitative estimate of drug-likeness (QED) is 0.677. The Morgan fingerprint density at radius 2 is 2.09 bits per heavy atom. The molecule has 1 rings (SSSR count). The van der Waals surface area contributed by atoms with E-state index in [-0.39, 0.29) is 26.2 Å². The monoisotopic (exact) mass is 165 g/mol. The van der Waals surface area contributed by atoms with Gasteiger partial charge in [0.25, 0.3) is 5.92 Å². The molecule has 1 aliphatic rings. The lowest BCUT2D eigenvalue weighted by Crippen LogP contribution is -2.54. The molecule has 0 aromatic carbocycles. The molecule has 0 atom stereocenters. The molecule has 1 heterocycles. The molecule has 0 amide bonds. The first-order chi connectivity index (χ1) is 5.02. The first-order valence-corrected chi connectivity index (χ1v) is 3.67. The van der Waals surface area contributed by atoms with Crippen LogP contribution in [0.4, 0.5) is 8.78 Å². The maximum Gasteiger partial charge on any atom is 0.259 e. The SMILES string of the molecule is CC1(C(F)(F)CCN)COC1. The van der Waals surface area contributed by atoms with Gasteiger partial charge in [-0.2, -0.15) is 0 Å². The molecule has 2 nitrogen and oxygen atoms in total. The molecule has 0 radical (unpaired) electrons. The van der Waals surface area contributed by atoms with Crippen LogP contribution < -0.4 is 5.73 Å². The molecule has 0 unspecified atom stereocenters. The minimum atomic E-state index is -2.67. The maximum absolute atomic E-state index is 13.1. The van der Waals surface area contributed by atoms with Gasteiger partial charge in [0.15, 0.2) is 0 Å². The maximum atomic E-state index is 13.1. The van der Waals surface area contributed by atoms with Crippen LogP contribution in [0, 0.1) is 5.41 Å². The summed E-state index contributed by atoms with van der Waals surface area (Å²) < 4.78 is 30.9. The summed E-state index contributed by atoms with van der Waals surface area (Å²) in [4.78, 5) is 0. The van der Waals surface area contributed by atoms with E-state index < -0.39 is 11.3 Å². The van der Waals surface area contributed by atoms with Gasteiger partial charge in [0.1, 0.15) is 0 Å². The van der Waals surface area contributed by atoms with Crippen LogP contribution in [0.1, 0.15) is 13.3 Å². The smallest absolute Gasteiger partial charge is 0.259 e. The van der Waals surface area contributed by atoms with Crippen molar-refractivity contribution < 1.29 is 13.5 Å². The van der Waals surface area contributed by atoms with Gasteiger partial charge in [-0.15, -0.1) is 0 Å². The van der Waals surface area contributed by atoms with Gasteiger partial charge >= 0.3 is 0 Å². The summed E-state index contributed by atoms with van der Waals surface area (Å²) in [5.74, 6) is -2.67. The summed E-state index contributed by atoms with van der Waals surface area (Å²) in [7, 11) is 0. The predicted molar refractivity (Wildman–Crippen MR) is 37.5 cm³/mol. The fourth-order valence-corrected chi connectivity index (χ4v) is 1.10. The third-order valence-corrected chi connectivity index (χ3v) is 2.18. The Hall–Kier alpha value is -0.220. The van der Waals surface area contributed by atoms with Gasteiger partial charge in [0.05, 0.1) is 18.6 Å². The molecular formula is C7H13F2NO. The Labute approximate surface area is 64.7 Å². The minimum absolute atomic E-state index is 0.0303. The first kappa shape index (κ1) is 8.87. The molecule has 66 valence electrons.